The molecule has 60 heavy (non-hydrogen) atoms. The van der Waals surface area contributed by atoms with E-state index in [4.69, 9.17) is 0 Å². The van der Waals surface area contributed by atoms with E-state index < -0.39 is 5.41 Å². The van der Waals surface area contributed by atoms with Gasteiger partial charge < -0.3 is 4.90 Å². The molecule has 1 spiro atoms. The van der Waals surface area contributed by atoms with Crippen LogP contribution in [0, 0.1) is 0 Å². The minimum absolute atomic E-state index is 0.151. The fourth-order valence-electron chi connectivity index (χ4n) is 10.7. The molecule has 1 nitrogen and oxygen atoms in total. The van der Waals surface area contributed by atoms with Crippen LogP contribution in [-0.2, 0) is 10.8 Å². The summed E-state index contributed by atoms with van der Waals surface area (Å²) in [5, 5.41) is 2.64. The van der Waals surface area contributed by atoms with E-state index in [1.165, 1.54) is 92.6 Å². The van der Waals surface area contributed by atoms with Crippen LogP contribution < -0.4 is 4.90 Å². The van der Waals surface area contributed by atoms with Crippen molar-refractivity contribution in [3.63, 3.8) is 0 Å². The molecule has 0 amide bonds. The normalized spacial score (nSPS) is 14.1. The van der Waals surface area contributed by atoms with Gasteiger partial charge in [0.2, 0.25) is 0 Å². The maximum atomic E-state index is 2.48. The number of fused-ring (bicyclic) bond motifs is 12. The van der Waals surface area contributed by atoms with E-state index in [2.05, 4.69) is 231 Å². The van der Waals surface area contributed by atoms with E-state index in [-0.39, 0.29) is 5.41 Å². The van der Waals surface area contributed by atoms with Gasteiger partial charge in [0.15, 0.2) is 0 Å². The first-order valence-corrected chi connectivity index (χ1v) is 21.7. The summed E-state index contributed by atoms with van der Waals surface area (Å²) < 4.78 is 2.66. The van der Waals surface area contributed by atoms with Crippen molar-refractivity contribution in [2.45, 2.75) is 24.7 Å². The van der Waals surface area contributed by atoms with Gasteiger partial charge in [-0.15, -0.1) is 11.3 Å². The molecule has 12 rings (SSSR count). The fraction of sp³-hybridized carbons (Fsp3) is 0.0690. The van der Waals surface area contributed by atoms with Crippen LogP contribution in [0.3, 0.4) is 0 Å². The van der Waals surface area contributed by atoms with Crippen LogP contribution in [0.25, 0.3) is 53.6 Å². The summed E-state index contributed by atoms with van der Waals surface area (Å²) in [4.78, 5) is 2.48. The fourth-order valence-corrected chi connectivity index (χ4v) is 11.9. The van der Waals surface area contributed by atoms with Gasteiger partial charge in [-0.1, -0.05) is 190 Å². The van der Waals surface area contributed by atoms with E-state index >= 15 is 0 Å². The summed E-state index contributed by atoms with van der Waals surface area (Å²) >= 11 is 1.88. The first-order valence-electron chi connectivity index (χ1n) is 20.9. The summed E-state index contributed by atoms with van der Waals surface area (Å²) in [7, 11) is 0. The maximum Gasteiger partial charge on any atom is 0.0720 e. The third-order valence-corrected chi connectivity index (χ3v) is 14.6. The highest BCUT2D eigenvalue weighted by atomic mass is 32.1. The van der Waals surface area contributed by atoms with E-state index in [0.29, 0.717) is 0 Å². The Morgan fingerprint density at radius 2 is 0.867 bits per heavy atom. The molecule has 10 aromatic rings. The lowest BCUT2D eigenvalue weighted by molar-refractivity contribution is 0.563. The molecule has 2 aliphatic carbocycles. The SMILES string of the molecule is CC1(C)c2ccccc2C2(c3ccccc3-c3c(N(c4ccc(-c5ccccc5)cc4)c4ccc(-c5cccc6c5sc5ccccc56)cc4)cccc32)c2ccccc21. The number of nitrogens with zero attached hydrogens (tertiary/aromatic N) is 1. The molecule has 2 aliphatic rings. The Balaban J connectivity index is 1.09. The van der Waals surface area contributed by atoms with Crippen molar-refractivity contribution >= 4 is 48.6 Å². The molecule has 0 saturated carbocycles. The highest BCUT2D eigenvalue weighted by Gasteiger charge is 2.53. The van der Waals surface area contributed by atoms with Gasteiger partial charge >= 0.3 is 0 Å². The summed E-state index contributed by atoms with van der Waals surface area (Å²) in [6.45, 7) is 4.78. The van der Waals surface area contributed by atoms with Crippen molar-refractivity contribution < 1.29 is 0 Å². The van der Waals surface area contributed by atoms with E-state index in [1.807, 2.05) is 11.3 Å². The Kier molecular flexibility index (Phi) is 7.73. The van der Waals surface area contributed by atoms with Gasteiger partial charge in [-0.25, -0.2) is 0 Å². The molecule has 2 heteroatoms. The van der Waals surface area contributed by atoms with Gasteiger partial charge in [-0.2, -0.15) is 0 Å². The first kappa shape index (κ1) is 35.0. The molecule has 0 unspecified atom stereocenters. The van der Waals surface area contributed by atoms with Crippen molar-refractivity contribution in [2.24, 2.45) is 0 Å². The molecule has 9 aromatic carbocycles. The second-order valence-corrected chi connectivity index (χ2v) is 17.8. The number of hydrogen-bond donors (Lipinski definition) is 0. The zero-order valence-electron chi connectivity index (χ0n) is 33.6. The number of anilines is 3. The van der Waals surface area contributed by atoms with Crippen LogP contribution in [0.15, 0.2) is 212 Å². The van der Waals surface area contributed by atoms with Crippen LogP contribution in [0.5, 0.6) is 0 Å². The molecule has 0 fully saturated rings. The van der Waals surface area contributed by atoms with Gasteiger partial charge in [-0.05, 0) is 97.6 Å². The number of hydrogen-bond acceptors (Lipinski definition) is 2. The van der Waals surface area contributed by atoms with Crippen molar-refractivity contribution in [3.8, 4) is 33.4 Å². The van der Waals surface area contributed by atoms with Gasteiger partial charge in [0, 0.05) is 42.5 Å². The van der Waals surface area contributed by atoms with E-state index in [0.717, 1.165) is 11.4 Å². The monoisotopic (exact) mass is 783 g/mol. The topological polar surface area (TPSA) is 3.24 Å². The third-order valence-electron chi connectivity index (χ3n) is 13.4. The largest absolute Gasteiger partial charge is 0.310 e. The summed E-state index contributed by atoms with van der Waals surface area (Å²) in [5.41, 5.74) is 18.4. The van der Waals surface area contributed by atoms with Crippen LogP contribution in [-0.4, -0.2) is 0 Å². The van der Waals surface area contributed by atoms with Gasteiger partial charge in [0.05, 0.1) is 11.1 Å². The van der Waals surface area contributed by atoms with Crippen molar-refractivity contribution in [2.75, 3.05) is 4.90 Å². The highest BCUT2D eigenvalue weighted by Crippen LogP contribution is 2.64. The average Bonchev–Trinajstić information content (AvgIpc) is 3.84. The summed E-state index contributed by atoms with van der Waals surface area (Å²) in [6.07, 6.45) is 0. The number of rotatable bonds is 5. The molecular weight excluding hydrogens is 743 g/mol. The third kappa shape index (κ3) is 4.92. The Labute approximate surface area is 355 Å². The molecular formula is C58H41NS. The minimum Gasteiger partial charge on any atom is -0.310 e. The second kappa shape index (κ2) is 13.3. The number of benzene rings is 9. The van der Waals surface area contributed by atoms with Gasteiger partial charge in [-0.3, -0.25) is 0 Å². The predicted molar refractivity (Wildman–Crippen MR) is 254 cm³/mol. The van der Waals surface area contributed by atoms with E-state index in [9.17, 15) is 0 Å². The van der Waals surface area contributed by atoms with Crippen LogP contribution in [0.1, 0.15) is 47.2 Å². The molecule has 0 saturated heterocycles. The lowest BCUT2D eigenvalue weighted by Crippen LogP contribution is -2.40. The van der Waals surface area contributed by atoms with Crippen LogP contribution in [0.2, 0.25) is 0 Å². The molecule has 1 heterocycles. The lowest BCUT2D eigenvalue weighted by Gasteiger charge is -2.46. The lowest BCUT2D eigenvalue weighted by atomic mass is 9.55. The quantitative estimate of drug-likeness (QED) is 0.168. The minimum atomic E-state index is -0.472. The van der Waals surface area contributed by atoms with Gasteiger partial charge in [0.1, 0.15) is 0 Å². The zero-order chi connectivity index (χ0) is 40.0. The van der Waals surface area contributed by atoms with Gasteiger partial charge in [0.25, 0.3) is 0 Å². The smallest absolute Gasteiger partial charge is 0.0720 e. The maximum absolute atomic E-state index is 2.48. The zero-order valence-corrected chi connectivity index (χ0v) is 34.4. The molecule has 0 radical (unpaired) electrons. The molecule has 0 atom stereocenters. The van der Waals surface area contributed by atoms with Crippen LogP contribution in [0.4, 0.5) is 17.1 Å². The standard InChI is InChI=1S/C58H41NS/c1-57(2)48-23-9-11-25-50(48)58(51-26-12-10-24-49(51)57)47-22-8-6-19-46(47)55-52(58)27-15-28-53(55)59(41-34-30-39(31-35-41)38-16-4-3-5-17-38)42-36-32-40(33-37-42)43-20-14-21-45-44-18-7-13-29-54(44)60-56(43)45/h3-37H,1-2H3. The Bertz CT molecular complexity index is 3230. The molecule has 0 bridgehead atoms. The molecule has 0 aliphatic heterocycles. The second-order valence-electron chi connectivity index (χ2n) is 16.8. The summed E-state index contributed by atoms with van der Waals surface area (Å²) in [5.74, 6) is 0. The number of thiophene rings is 1. The Morgan fingerprint density at radius 3 is 1.57 bits per heavy atom. The Hall–Kier alpha value is -7.00. The van der Waals surface area contributed by atoms with E-state index in [1.54, 1.807) is 0 Å². The summed E-state index contributed by atoms with van der Waals surface area (Å²) in [6, 6.07) is 79.1. The Morgan fingerprint density at radius 1 is 0.367 bits per heavy atom. The highest BCUT2D eigenvalue weighted by molar-refractivity contribution is 7.26. The first-order chi connectivity index (χ1) is 29.5. The predicted octanol–water partition coefficient (Wildman–Crippen LogP) is 15.9. The van der Waals surface area contributed by atoms with Crippen molar-refractivity contribution in [1.29, 1.82) is 0 Å². The molecule has 284 valence electrons. The van der Waals surface area contributed by atoms with Crippen molar-refractivity contribution in [3.05, 3.63) is 246 Å². The molecule has 0 N–H and O–H groups in total. The molecule has 1 aromatic heterocycles. The average molecular weight is 784 g/mol. The van der Waals surface area contributed by atoms with Crippen LogP contribution >= 0.6 is 11.3 Å². The van der Waals surface area contributed by atoms with Crippen molar-refractivity contribution in [1.82, 2.24) is 0 Å².